The minimum absolute atomic E-state index is 0.257. The average Bonchev–Trinajstić information content (AvgIpc) is 3.49. The number of benzene rings is 3. The van der Waals surface area contributed by atoms with E-state index in [1.807, 2.05) is 66.4 Å². The second-order valence-electron chi connectivity index (χ2n) is 10.7. The normalized spacial score (nSPS) is 23.8. The number of rotatable bonds is 5. The highest BCUT2D eigenvalue weighted by Gasteiger charge is 2.70. The Kier molecular flexibility index (Phi) is 5.64. The number of ketones is 2. The van der Waals surface area contributed by atoms with E-state index in [4.69, 9.17) is 4.74 Å². The molecule has 0 saturated carbocycles. The zero-order valence-corrected chi connectivity index (χ0v) is 22.6. The molecule has 0 radical (unpaired) electrons. The SMILES string of the molecule is COc1cccc(C(=O)[C@@H]2[C@@H](C(=O)c3cccnc3)[C@]3(C(=O)Nc4ccccc43)[C@H]3C=C(C)c4ccccc4N23)c1. The van der Waals surface area contributed by atoms with E-state index in [2.05, 4.69) is 10.3 Å². The summed E-state index contributed by atoms with van der Waals surface area (Å²) in [6.45, 7) is 2.01. The van der Waals surface area contributed by atoms with E-state index >= 15 is 0 Å². The lowest BCUT2D eigenvalue weighted by Crippen LogP contribution is -2.51. The van der Waals surface area contributed by atoms with Crippen molar-refractivity contribution in [3.8, 4) is 5.75 Å². The zero-order chi connectivity index (χ0) is 28.3. The average molecular weight is 542 g/mol. The summed E-state index contributed by atoms with van der Waals surface area (Å²) in [4.78, 5) is 50.1. The van der Waals surface area contributed by atoms with E-state index in [9.17, 15) is 14.4 Å². The van der Waals surface area contributed by atoms with Crippen molar-refractivity contribution in [3.63, 3.8) is 0 Å². The summed E-state index contributed by atoms with van der Waals surface area (Å²) in [6.07, 6.45) is 5.16. The summed E-state index contributed by atoms with van der Waals surface area (Å²) in [5.74, 6) is -1.36. The third-order valence-electron chi connectivity index (χ3n) is 8.74. The van der Waals surface area contributed by atoms with Crippen molar-refractivity contribution in [3.05, 3.63) is 126 Å². The van der Waals surface area contributed by atoms with Gasteiger partial charge in [-0.05, 0) is 54.5 Å². The molecular formula is C34H27N3O4. The largest absolute Gasteiger partial charge is 0.497 e. The Hall–Kier alpha value is -5.04. The summed E-state index contributed by atoms with van der Waals surface area (Å²) in [5.41, 5.74) is 3.53. The molecule has 202 valence electrons. The van der Waals surface area contributed by atoms with E-state index in [1.165, 1.54) is 6.20 Å². The van der Waals surface area contributed by atoms with Crippen molar-refractivity contribution in [2.45, 2.75) is 24.4 Å². The number of anilines is 2. The molecule has 0 aliphatic carbocycles. The Balaban J connectivity index is 1.55. The van der Waals surface area contributed by atoms with Gasteiger partial charge in [-0.15, -0.1) is 0 Å². The summed E-state index contributed by atoms with van der Waals surface area (Å²) >= 11 is 0. The van der Waals surface area contributed by atoms with Gasteiger partial charge in [-0.25, -0.2) is 0 Å². The van der Waals surface area contributed by atoms with Crippen LogP contribution in [-0.4, -0.2) is 41.7 Å². The second-order valence-corrected chi connectivity index (χ2v) is 10.7. The van der Waals surface area contributed by atoms with Gasteiger partial charge in [0.1, 0.15) is 17.2 Å². The fraction of sp³-hybridized carbons (Fsp3) is 0.176. The molecule has 0 unspecified atom stereocenters. The number of pyridine rings is 1. The number of carbonyl (C=O) groups is 3. The fourth-order valence-electron chi connectivity index (χ4n) is 7.02. The predicted molar refractivity (Wildman–Crippen MR) is 156 cm³/mol. The number of amides is 1. The molecule has 7 rings (SSSR count). The van der Waals surface area contributed by atoms with Crippen molar-refractivity contribution in [2.24, 2.45) is 5.92 Å². The lowest BCUT2D eigenvalue weighted by atomic mass is 9.64. The number of ether oxygens (including phenoxy) is 1. The van der Waals surface area contributed by atoms with E-state index in [0.29, 0.717) is 28.1 Å². The van der Waals surface area contributed by atoms with E-state index in [-0.39, 0.29) is 17.5 Å². The van der Waals surface area contributed by atoms with Gasteiger partial charge in [0.15, 0.2) is 11.6 Å². The number of methoxy groups -OCH3 is 1. The van der Waals surface area contributed by atoms with Crippen LogP contribution in [0.2, 0.25) is 0 Å². The van der Waals surface area contributed by atoms with Crippen molar-refractivity contribution < 1.29 is 19.1 Å². The third kappa shape index (κ3) is 3.45. The summed E-state index contributed by atoms with van der Waals surface area (Å²) in [5, 5.41) is 3.06. The summed E-state index contributed by atoms with van der Waals surface area (Å²) in [6, 6.07) is 24.1. The lowest BCUT2D eigenvalue weighted by Gasteiger charge is -2.39. The van der Waals surface area contributed by atoms with Gasteiger partial charge in [0.2, 0.25) is 5.91 Å². The molecule has 7 heteroatoms. The molecule has 1 amide bonds. The fourth-order valence-corrected chi connectivity index (χ4v) is 7.02. The predicted octanol–water partition coefficient (Wildman–Crippen LogP) is 5.34. The number of nitrogens with zero attached hydrogens (tertiary/aromatic N) is 2. The van der Waals surface area contributed by atoms with Crippen molar-refractivity contribution in [2.75, 3.05) is 17.3 Å². The molecule has 1 fully saturated rings. The molecule has 7 nitrogen and oxygen atoms in total. The Labute approximate surface area is 237 Å². The maximum Gasteiger partial charge on any atom is 0.238 e. The number of allylic oxidation sites excluding steroid dienone is 1. The van der Waals surface area contributed by atoms with E-state index in [0.717, 1.165) is 16.8 Å². The maximum absolute atomic E-state index is 14.7. The van der Waals surface area contributed by atoms with Crippen LogP contribution in [0.4, 0.5) is 11.4 Å². The monoisotopic (exact) mass is 541 g/mol. The Bertz CT molecular complexity index is 1760. The highest BCUT2D eigenvalue weighted by atomic mass is 16.5. The van der Waals surface area contributed by atoms with Crippen LogP contribution < -0.4 is 15.0 Å². The lowest BCUT2D eigenvalue weighted by molar-refractivity contribution is -0.121. The van der Waals surface area contributed by atoms with E-state index in [1.54, 1.807) is 49.7 Å². The maximum atomic E-state index is 14.7. The minimum Gasteiger partial charge on any atom is -0.497 e. The van der Waals surface area contributed by atoms with Crippen LogP contribution in [0.1, 0.15) is 38.8 Å². The molecule has 1 saturated heterocycles. The molecule has 4 aromatic rings. The third-order valence-corrected chi connectivity index (χ3v) is 8.74. The van der Waals surface area contributed by atoms with Gasteiger partial charge in [-0.1, -0.05) is 54.6 Å². The second kappa shape index (κ2) is 9.27. The number of para-hydroxylation sites is 2. The highest BCUT2D eigenvalue weighted by molar-refractivity contribution is 6.18. The molecule has 4 heterocycles. The quantitative estimate of drug-likeness (QED) is 0.344. The molecule has 4 atom stereocenters. The van der Waals surface area contributed by atoms with Crippen LogP contribution >= 0.6 is 0 Å². The highest BCUT2D eigenvalue weighted by Crippen LogP contribution is 2.58. The number of Topliss-reactive ketones (excluding diaryl/α,β-unsaturated/α-hetero) is 2. The molecule has 1 aromatic heterocycles. The number of carbonyl (C=O) groups excluding carboxylic acids is 3. The molecule has 1 spiro atoms. The van der Waals surface area contributed by atoms with Gasteiger partial charge in [-0.2, -0.15) is 0 Å². The van der Waals surface area contributed by atoms with Gasteiger partial charge in [-0.3, -0.25) is 19.4 Å². The Morgan fingerprint density at radius 3 is 2.51 bits per heavy atom. The first-order valence-corrected chi connectivity index (χ1v) is 13.6. The first kappa shape index (κ1) is 25.0. The van der Waals surface area contributed by atoms with Crippen LogP contribution in [0.15, 0.2) is 103 Å². The number of hydrogen-bond donors (Lipinski definition) is 1. The Morgan fingerprint density at radius 1 is 0.927 bits per heavy atom. The van der Waals surface area contributed by atoms with Crippen LogP contribution in [-0.2, 0) is 10.2 Å². The van der Waals surface area contributed by atoms with Crippen molar-refractivity contribution in [1.29, 1.82) is 0 Å². The molecule has 3 aliphatic rings. The molecule has 41 heavy (non-hydrogen) atoms. The number of nitrogens with one attached hydrogen (secondary N) is 1. The van der Waals surface area contributed by atoms with Crippen LogP contribution in [0.25, 0.3) is 5.57 Å². The van der Waals surface area contributed by atoms with Crippen molar-refractivity contribution in [1.82, 2.24) is 4.98 Å². The summed E-state index contributed by atoms with van der Waals surface area (Å²) < 4.78 is 5.43. The zero-order valence-electron chi connectivity index (χ0n) is 22.6. The molecule has 3 aliphatic heterocycles. The number of aromatic nitrogens is 1. The number of fused-ring (bicyclic) bond motifs is 6. The summed E-state index contributed by atoms with van der Waals surface area (Å²) in [7, 11) is 1.55. The first-order valence-electron chi connectivity index (χ1n) is 13.6. The molecule has 1 N–H and O–H groups in total. The van der Waals surface area contributed by atoms with Gasteiger partial charge in [0.25, 0.3) is 0 Å². The minimum atomic E-state index is -1.36. The Morgan fingerprint density at radius 2 is 1.71 bits per heavy atom. The molecule has 0 bridgehead atoms. The van der Waals surface area contributed by atoms with Crippen molar-refractivity contribution >= 4 is 34.4 Å². The van der Waals surface area contributed by atoms with E-state index < -0.39 is 23.4 Å². The molecule has 3 aromatic carbocycles. The van der Waals surface area contributed by atoms with Gasteiger partial charge in [0.05, 0.1) is 19.1 Å². The molecular weight excluding hydrogens is 514 g/mol. The topological polar surface area (TPSA) is 88.6 Å². The number of hydrogen-bond acceptors (Lipinski definition) is 6. The van der Waals surface area contributed by atoms with Crippen LogP contribution in [0.3, 0.4) is 0 Å². The smallest absolute Gasteiger partial charge is 0.238 e. The van der Waals surface area contributed by atoms with Crippen LogP contribution in [0.5, 0.6) is 5.75 Å². The van der Waals surface area contributed by atoms with Gasteiger partial charge in [0, 0.05) is 40.5 Å². The van der Waals surface area contributed by atoms with Crippen LogP contribution in [0, 0.1) is 5.92 Å². The first-order chi connectivity index (χ1) is 20.0. The standard InChI is InChI=1S/C34H27N3O4/c1-20-17-28-34(25-13-4-5-14-26(25)36-33(34)40)29(31(38)22-10-8-16-35-19-22)30(37(28)27-15-6-3-12-24(20)27)32(39)21-9-7-11-23(18-21)41-2/h3-19,28-30H,1-2H3,(H,36,40)/t28-,29+,30+,34-/m1/s1. The van der Waals surface area contributed by atoms with Gasteiger partial charge < -0.3 is 15.0 Å². The van der Waals surface area contributed by atoms with Gasteiger partial charge >= 0.3 is 0 Å².